The lowest BCUT2D eigenvalue weighted by Gasteiger charge is -2.34. The van der Waals surface area contributed by atoms with Crippen LogP contribution < -0.4 is 5.32 Å². The number of urea groups is 1. The average molecular weight is 288 g/mol. The van der Waals surface area contributed by atoms with Crippen molar-refractivity contribution in [2.75, 3.05) is 18.4 Å². The van der Waals surface area contributed by atoms with Gasteiger partial charge >= 0.3 is 6.03 Å². The maximum Gasteiger partial charge on any atom is 0.322 e. The molecule has 0 aliphatic carbocycles. The van der Waals surface area contributed by atoms with Crippen LogP contribution >= 0.6 is 0 Å². The summed E-state index contributed by atoms with van der Waals surface area (Å²) in [7, 11) is 0. The van der Waals surface area contributed by atoms with Gasteiger partial charge in [0.25, 0.3) is 6.43 Å². The fourth-order valence-corrected chi connectivity index (χ4v) is 2.11. The van der Waals surface area contributed by atoms with Crippen LogP contribution in [0.5, 0.6) is 0 Å². The summed E-state index contributed by atoms with van der Waals surface area (Å²) in [5.41, 5.74) is 0.365. The number of β-amino-alcohol motifs (C(OH)–C–C–N with tert-alkyl or cyclic N) is 1. The molecule has 0 aromatic carbocycles. The summed E-state index contributed by atoms with van der Waals surface area (Å²) in [5, 5.41) is 16.1. The Morgan fingerprint density at radius 3 is 3.05 bits per heavy atom. The zero-order chi connectivity index (χ0) is 14.7. The first-order valence-electron chi connectivity index (χ1n) is 6.50. The van der Waals surface area contributed by atoms with Gasteiger partial charge in [-0.2, -0.15) is 5.10 Å². The number of piperidine rings is 1. The minimum Gasteiger partial charge on any atom is -0.391 e. The predicted octanol–water partition coefficient (Wildman–Crippen LogP) is 1.38. The van der Waals surface area contributed by atoms with Crippen molar-refractivity contribution in [3.63, 3.8) is 0 Å². The number of hydrogen-bond donors (Lipinski definition) is 2. The molecule has 1 aliphatic heterocycles. The minimum atomic E-state index is -2.49. The molecule has 2 N–H and O–H groups in total. The van der Waals surface area contributed by atoms with Crippen LogP contribution in [0, 0.1) is 5.92 Å². The quantitative estimate of drug-likeness (QED) is 0.883. The van der Waals surface area contributed by atoms with Crippen LogP contribution in [0.25, 0.3) is 0 Å². The summed E-state index contributed by atoms with van der Waals surface area (Å²) >= 11 is 0. The van der Waals surface area contributed by atoms with E-state index in [1.807, 2.05) is 6.92 Å². The molecule has 2 rings (SSSR count). The van der Waals surface area contributed by atoms with Gasteiger partial charge in [0.15, 0.2) is 0 Å². The topological polar surface area (TPSA) is 70.4 Å². The van der Waals surface area contributed by atoms with Crippen LogP contribution in [0.3, 0.4) is 0 Å². The maximum absolute atomic E-state index is 12.2. The highest BCUT2D eigenvalue weighted by Crippen LogP contribution is 2.18. The van der Waals surface area contributed by atoms with E-state index in [0.29, 0.717) is 12.2 Å². The number of carbonyl (C=O) groups is 1. The summed E-state index contributed by atoms with van der Waals surface area (Å²) in [4.78, 5) is 13.5. The van der Waals surface area contributed by atoms with Crippen LogP contribution in [-0.4, -0.2) is 51.4 Å². The smallest absolute Gasteiger partial charge is 0.322 e. The number of carbonyl (C=O) groups excluding carboxylic acids is 1. The Hall–Kier alpha value is -1.70. The molecule has 1 aromatic rings. The Bertz CT molecular complexity index is 466. The van der Waals surface area contributed by atoms with Gasteiger partial charge in [-0.25, -0.2) is 13.6 Å². The summed E-state index contributed by atoms with van der Waals surface area (Å²) < 4.78 is 25.4. The van der Waals surface area contributed by atoms with Gasteiger partial charge in [0.1, 0.15) is 6.54 Å². The molecule has 0 radical (unpaired) electrons. The first-order chi connectivity index (χ1) is 9.45. The fourth-order valence-electron chi connectivity index (χ4n) is 2.11. The zero-order valence-electron chi connectivity index (χ0n) is 11.2. The molecule has 1 saturated heterocycles. The number of aromatic nitrogens is 2. The molecular formula is C12H18F2N4O2. The second-order valence-electron chi connectivity index (χ2n) is 5.05. The van der Waals surface area contributed by atoms with E-state index in [1.54, 1.807) is 0 Å². The van der Waals surface area contributed by atoms with E-state index in [9.17, 15) is 18.7 Å². The number of amides is 2. The maximum atomic E-state index is 12.2. The predicted molar refractivity (Wildman–Crippen MR) is 68.6 cm³/mol. The van der Waals surface area contributed by atoms with Gasteiger partial charge < -0.3 is 15.3 Å². The van der Waals surface area contributed by atoms with Crippen LogP contribution in [0.1, 0.15) is 13.3 Å². The molecule has 2 amide bonds. The van der Waals surface area contributed by atoms with Gasteiger partial charge in [0, 0.05) is 19.3 Å². The van der Waals surface area contributed by atoms with Crippen molar-refractivity contribution in [3.8, 4) is 0 Å². The van der Waals surface area contributed by atoms with E-state index in [4.69, 9.17) is 0 Å². The van der Waals surface area contributed by atoms with Crippen molar-refractivity contribution < 1.29 is 18.7 Å². The number of aliphatic hydroxyl groups is 1. The number of alkyl halides is 2. The van der Waals surface area contributed by atoms with Gasteiger partial charge in [0.05, 0.1) is 18.0 Å². The molecule has 2 atom stereocenters. The fraction of sp³-hybridized carbons (Fsp3) is 0.667. The molecule has 112 valence electrons. The third-order valence-electron chi connectivity index (χ3n) is 3.42. The Labute approximate surface area is 115 Å². The number of halogens is 2. The van der Waals surface area contributed by atoms with Gasteiger partial charge in [0.2, 0.25) is 0 Å². The number of aliphatic hydroxyl groups excluding tert-OH is 1. The first kappa shape index (κ1) is 14.7. The molecule has 2 unspecified atom stereocenters. The van der Waals surface area contributed by atoms with E-state index in [1.165, 1.54) is 17.3 Å². The molecule has 0 saturated carbocycles. The standard InChI is InChI=1S/C12H18F2N4O2/c1-8-2-3-17(6-10(8)19)12(20)16-9-4-15-18(5-9)7-11(13)14/h4-5,8,10-11,19H,2-3,6-7H2,1H3,(H,16,20). The summed E-state index contributed by atoms with van der Waals surface area (Å²) in [6, 6.07) is -0.354. The van der Waals surface area contributed by atoms with Crippen molar-refractivity contribution >= 4 is 11.7 Å². The molecule has 2 heterocycles. The molecule has 1 fully saturated rings. The van der Waals surface area contributed by atoms with Gasteiger partial charge in [-0.15, -0.1) is 0 Å². The second kappa shape index (κ2) is 6.17. The van der Waals surface area contributed by atoms with Crippen LogP contribution in [0.2, 0.25) is 0 Å². The molecule has 6 nitrogen and oxygen atoms in total. The number of anilines is 1. The van der Waals surface area contributed by atoms with Crippen LogP contribution in [-0.2, 0) is 6.54 Å². The average Bonchev–Trinajstić information content (AvgIpc) is 2.79. The highest BCUT2D eigenvalue weighted by atomic mass is 19.3. The lowest BCUT2D eigenvalue weighted by molar-refractivity contribution is 0.0464. The Balaban J connectivity index is 1.89. The third-order valence-corrected chi connectivity index (χ3v) is 3.42. The van der Waals surface area contributed by atoms with Gasteiger partial charge in [-0.3, -0.25) is 4.68 Å². The third kappa shape index (κ3) is 3.66. The van der Waals surface area contributed by atoms with Gasteiger partial charge in [-0.05, 0) is 12.3 Å². The highest BCUT2D eigenvalue weighted by molar-refractivity contribution is 5.89. The van der Waals surface area contributed by atoms with Gasteiger partial charge in [-0.1, -0.05) is 6.92 Å². The minimum absolute atomic E-state index is 0.174. The lowest BCUT2D eigenvalue weighted by atomic mass is 9.96. The van der Waals surface area contributed by atoms with E-state index >= 15 is 0 Å². The highest BCUT2D eigenvalue weighted by Gasteiger charge is 2.27. The summed E-state index contributed by atoms with van der Waals surface area (Å²) in [6.07, 6.45) is 0.392. The number of rotatable bonds is 3. The largest absolute Gasteiger partial charge is 0.391 e. The zero-order valence-corrected chi connectivity index (χ0v) is 11.2. The van der Waals surface area contributed by atoms with Crippen molar-refractivity contribution in [2.24, 2.45) is 5.92 Å². The number of nitrogens with zero attached hydrogens (tertiary/aromatic N) is 3. The molecule has 20 heavy (non-hydrogen) atoms. The number of likely N-dealkylation sites (tertiary alicyclic amines) is 1. The molecule has 8 heteroatoms. The lowest BCUT2D eigenvalue weighted by Crippen LogP contribution is -2.47. The monoisotopic (exact) mass is 288 g/mol. The van der Waals surface area contributed by atoms with Crippen molar-refractivity contribution in [3.05, 3.63) is 12.4 Å². The normalized spacial score (nSPS) is 23.1. The number of hydrogen-bond acceptors (Lipinski definition) is 3. The molecule has 0 bridgehead atoms. The SMILES string of the molecule is CC1CCN(C(=O)Nc2cnn(CC(F)F)c2)CC1O. The van der Waals surface area contributed by atoms with E-state index in [-0.39, 0.29) is 18.5 Å². The van der Waals surface area contributed by atoms with E-state index in [2.05, 4.69) is 10.4 Å². The summed E-state index contributed by atoms with van der Waals surface area (Å²) in [6.45, 7) is 2.28. The molecule has 1 aromatic heterocycles. The Morgan fingerprint density at radius 2 is 2.40 bits per heavy atom. The van der Waals surface area contributed by atoms with E-state index < -0.39 is 19.1 Å². The first-order valence-corrected chi connectivity index (χ1v) is 6.50. The van der Waals surface area contributed by atoms with Crippen molar-refractivity contribution in [1.29, 1.82) is 0 Å². The second-order valence-corrected chi connectivity index (χ2v) is 5.05. The Kier molecular flexibility index (Phi) is 4.53. The molecule has 1 aliphatic rings. The molecule has 0 spiro atoms. The summed E-state index contributed by atoms with van der Waals surface area (Å²) in [5.74, 6) is 0.174. The van der Waals surface area contributed by atoms with Crippen molar-refractivity contribution in [2.45, 2.75) is 32.4 Å². The van der Waals surface area contributed by atoms with Crippen molar-refractivity contribution in [1.82, 2.24) is 14.7 Å². The van der Waals surface area contributed by atoms with Crippen LogP contribution in [0.4, 0.5) is 19.3 Å². The van der Waals surface area contributed by atoms with E-state index in [0.717, 1.165) is 11.1 Å². The molecular weight excluding hydrogens is 270 g/mol. The Morgan fingerprint density at radius 1 is 1.65 bits per heavy atom. The van der Waals surface area contributed by atoms with Crippen LogP contribution in [0.15, 0.2) is 12.4 Å². The number of nitrogens with one attached hydrogen (secondary N) is 1.